The van der Waals surface area contributed by atoms with Gasteiger partial charge in [0.15, 0.2) is 5.78 Å². The Morgan fingerprint density at radius 2 is 1.91 bits per heavy atom. The standard InChI is InChI=1S/C19H26O3S/c1-12(20)7-8-15-16(17(21)22-18(2,3)4)13-11-19(5,6)10-9-14(13)23-15/h7-8H,9-11H2,1-6H3/b8-7+. The number of carbonyl (C=O) groups is 2. The molecule has 0 saturated carbocycles. The van der Waals surface area contributed by atoms with Gasteiger partial charge in [-0.15, -0.1) is 11.3 Å². The van der Waals surface area contributed by atoms with Crippen molar-refractivity contribution in [2.24, 2.45) is 5.41 Å². The molecule has 0 unspecified atom stereocenters. The smallest absolute Gasteiger partial charge is 0.340 e. The van der Waals surface area contributed by atoms with E-state index in [1.807, 2.05) is 20.8 Å². The fourth-order valence-corrected chi connectivity index (χ4v) is 4.02. The third-order valence-corrected chi connectivity index (χ3v) is 5.13. The fraction of sp³-hybridized carbons (Fsp3) is 0.579. The van der Waals surface area contributed by atoms with Gasteiger partial charge in [-0.25, -0.2) is 4.79 Å². The molecule has 1 heterocycles. The number of carbonyl (C=O) groups excluding carboxylic acids is 2. The van der Waals surface area contributed by atoms with E-state index in [0.29, 0.717) is 5.56 Å². The van der Waals surface area contributed by atoms with Gasteiger partial charge in [0, 0.05) is 9.75 Å². The van der Waals surface area contributed by atoms with Crippen LogP contribution in [-0.2, 0) is 22.4 Å². The molecule has 0 bridgehead atoms. The maximum atomic E-state index is 12.7. The van der Waals surface area contributed by atoms with E-state index in [9.17, 15) is 9.59 Å². The molecule has 0 spiro atoms. The van der Waals surface area contributed by atoms with E-state index in [1.54, 1.807) is 17.4 Å². The quantitative estimate of drug-likeness (QED) is 0.588. The lowest BCUT2D eigenvalue weighted by Crippen LogP contribution is -2.27. The topological polar surface area (TPSA) is 43.4 Å². The summed E-state index contributed by atoms with van der Waals surface area (Å²) in [4.78, 5) is 26.1. The van der Waals surface area contributed by atoms with Gasteiger partial charge in [-0.1, -0.05) is 13.8 Å². The van der Waals surface area contributed by atoms with Crippen LogP contribution in [0, 0.1) is 5.41 Å². The molecule has 126 valence electrons. The molecule has 3 nitrogen and oxygen atoms in total. The minimum atomic E-state index is -0.530. The number of hydrogen-bond acceptors (Lipinski definition) is 4. The molecule has 1 aromatic rings. The molecule has 0 N–H and O–H groups in total. The van der Waals surface area contributed by atoms with Crippen molar-refractivity contribution in [1.29, 1.82) is 0 Å². The molecule has 0 radical (unpaired) electrons. The van der Waals surface area contributed by atoms with Crippen molar-refractivity contribution in [2.45, 2.75) is 66.4 Å². The van der Waals surface area contributed by atoms with Crippen LogP contribution in [0.25, 0.3) is 6.08 Å². The van der Waals surface area contributed by atoms with Gasteiger partial charge in [-0.3, -0.25) is 4.79 Å². The first-order chi connectivity index (χ1) is 10.5. The molecule has 0 aliphatic heterocycles. The lowest BCUT2D eigenvalue weighted by molar-refractivity contribution is -0.112. The summed E-state index contributed by atoms with van der Waals surface area (Å²) in [6, 6.07) is 0. The highest BCUT2D eigenvalue weighted by Crippen LogP contribution is 2.42. The van der Waals surface area contributed by atoms with Gasteiger partial charge in [0.1, 0.15) is 5.60 Å². The molecule has 0 amide bonds. The van der Waals surface area contributed by atoms with Crippen molar-refractivity contribution in [2.75, 3.05) is 0 Å². The van der Waals surface area contributed by atoms with Crippen LogP contribution >= 0.6 is 11.3 Å². The number of esters is 1. The minimum Gasteiger partial charge on any atom is -0.456 e. The molecular weight excluding hydrogens is 308 g/mol. The summed E-state index contributed by atoms with van der Waals surface area (Å²) in [5, 5.41) is 0. The van der Waals surface area contributed by atoms with Crippen molar-refractivity contribution in [3.05, 3.63) is 27.0 Å². The van der Waals surface area contributed by atoms with Gasteiger partial charge in [-0.05, 0) is 70.1 Å². The second-order valence-electron chi connectivity index (χ2n) is 8.03. The Morgan fingerprint density at radius 1 is 1.26 bits per heavy atom. The van der Waals surface area contributed by atoms with Crippen molar-refractivity contribution in [3.63, 3.8) is 0 Å². The van der Waals surface area contributed by atoms with Crippen LogP contribution in [0.4, 0.5) is 0 Å². The summed E-state index contributed by atoms with van der Waals surface area (Å²) in [6.45, 7) is 11.6. The lowest BCUT2D eigenvalue weighted by atomic mass is 9.76. The SMILES string of the molecule is CC(=O)/C=C/c1sc2c(c1C(=O)OC(C)(C)C)CC(C)(C)CC2. The van der Waals surface area contributed by atoms with Crippen LogP contribution in [0.3, 0.4) is 0 Å². The highest BCUT2D eigenvalue weighted by molar-refractivity contribution is 7.13. The first kappa shape index (κ1) is 17.9. The van der Waals surface area contributed by atoms with Crippen LogP contribution in [-0.4, -0.2) is 17.4 Å². The summed E-state index contributed by atoms with van der Waals surface area (Å²) in [5.74, 6) is -0.303. The second-order valence-corrected chi connectivity index (χ2v) is 9.17. The van der Waals surface area contributed by atoms with E-state index in [1.165, 1.54) is 17.9 Å². The molecule has 0 fully saturated rings. The normalized spacial score (nSPS) is 17.1. The van der Waals surface area contributed by atoms with Gasteiger partial charge in [-0.2, -0.15) is 0 Å². The molecular formula is C19H26O3S. The first-order valence-electron chi connectivity index (χ1n) is 8.05. The zero-order valence-corrected chi connectivity index (χ0v) is 15.7. The van der Waals surface area contributed by atoms with Gasteiger partial charge >= 0.3 is 5.97 Å². The predicted molar refractivity (Wildman–Crippen MR) is 95.0 cm³/mol. The molecule has 1 aliphatic rings. The molecule has 0 aromatic carbocycles. The molecule has 2 rings (SSSR count). The fourth-order valence-electron chi connectivity index (χ4n) is 2.80. The largest absolute Gasteiger partial charge is 0.456 e. The summed E-state index contributed by atoms with van der Waals surface area (Å²) in [6.07, 6.45) is 6.26. The van der Waals surface area contributed by atoms with Crippen LogP contribution in [0.15, 0.2) is 6.08 Å². The summed E-state index contributed by atoms with van der Waals surface area (Å²) in [5.41, 5.74) is 1.43. The van der Waals surface area contributed by atoms with Crippen LogP contribution in [0.2, 0.25) is 0 Å². The Labute approximate surface area is 142 Å². The van der Waals surface area contributed by atoms with E-state index < -0.39 is 5.60 Å². The van der Waals surface area contributed by atoms with Crippen molar-refractivity contribution >= 4 is 29.2 Å². The van der Waals surface area contributed by atoms with Crippen molar-refractivity contribution < 1.29 is 14.3 Å². The Hall–Kier alpha value is -1.42. The zero-order chi connectivity index (χ0) is 17.4. The number of fused-ring (bicyclic) bond motifs is 1. The summed E-state index contributed by atoms with van der Waals surface area (Å²) < 4.78 is 5.61. The molecule has 1 aromatic heterocycles. The van der Waals surface area contributed by atoms with E-state index in [4.69, 9.17) is 4.74 Å². The predicted octanol–water partition coefficient (Wildman–Crippen LogP) is 4.82. The highest BCUT2D eigenvalue weighted by atomic mass is 32.1. The number of ether oxygens (including phenoxy) is 1. The summed E-state index contributed by atoms with van der Waals surface area (Å²) in [7, 11) is 0. The van der Waals surface area contributed by atoms with Crippen LogP contribution < -0.4 is 0 Å². The van der Waals surface area contributed by atoms with Gasteiger partial charge in [0.05, 0.1) is 5.56 Å². The Morgan fingerprint density at radius 3 is 2.48 bits per heavy atom. The highest BCUT2D eigenvalue weighted by Gasteiger charge is 2.33. The Kier molecular flexibility index (Phi) is 4.86. The van der Waals surface area contributed by atoms with Crippen molar-refractivity contribution in [1.82, 2.24) is 0 Å². The Bertz CT molecular complexity index is 657. The lowest BCUT2D eigenvalue weighted by Gasteiger charge is -2.30. The number of hydrogen-bond donors (Lipinski definition) is 0. The average molecular weight is 334 g/mol. The average Bonchev–Trinajstić information content (AvgIpc) is 2.70. The van der Waals surface area contributed by atoms with Gasteiger partial charge in [0.25, 0.3) is 0 Å². The maximum Gasteiger partial charge on any atom is 0.340 e. The van der Waals surface area contributed by atoms with Gasteiger partial charge in [0.2, 0.25) is 0 Å². The summed E-state index contributed by atoms with van der Waals surface area (Å²) >= 11 is 1.62. The third-order valence-electron chi connectivity index (χ3n) is 3.87. The number of thiophene rings is 1. The first-order valence-corrected chi connectivity index (χ1v) is 8.87. The minimum absolute atomic E-state index is 0.0214. The number of allylic oxidation sites excluding steroid dienone is 1. The van der Waals surface area contributed by atoms with Crippen LogP contribution in [0.5, 0.6) is 0 Å². The maximum absolute atomic E-state index is 12.7. The van der Waals surface area contributed by atoms with E-state index in [2.05, 4.69) is 13.8 Å². The molecule has 4 heteroatoms. The second kappa shape index (κ2) is 6.23. The zero-order valence-electron chi connectivity index (χ0n) is 14.9. The number of aryl methyl sites for hydroxylation is 1. The van der Waals surface area contributed by atoms with Crippen LogP contribution in [0.1, 0.15) is 73.6 Å². The van der Waals surface area contributed by atoms with E-state index in [0.717, 1.165) is 29.7 Å². The van der Waals surface area contributed by atoms with E-state index >= 15 is 0 Å². The molecule has 1 aliphatic carbocycles. The Balaban J connectivity index is 2.49. The molecule has 23 heavy (non-hydrogen) atoms. The third kappa shape index (κ3) is 4.54. The monoisotopic (exact) mass is 334 g/mol. The van der Waals surface area contributed by atoms with Crippen molar-refractivity contribution in [3.8, 4) is 0 Å². The number of rotatable bonds is 3. The number of ketones is 1. The molecule has 0 atom stereocenters. The molecule has 0 saturated heterocycles. The van der Waals surface area contributed by atoms with Gasteiger partial charge < -0.3 is 4.74 Å². The van der Waals surface area contributed by atoms with E-state index in [-0.39, 0.29) is 17.2 Å².